The third-order valence-electron chi connectivity index (χ3n) is 3.85. The minimum atomic E-state index is 0.856. The highest BCUT2D eigenvalue weighted by Crippen LogP contribution is 2.21. The Bertz CT molecular complexity index is 198. The standard InChI is InChI=1S/C13H26N2O/c1-2-16-11-5-8-14-7-4-10-15-9-3-6-13(15)12-14/h13H,2-12H2,1H3. The molecule has 1 atom stereocenters. The van der Waals surface area contributed by atoms with Gasteiger partial charge in [-0.3, -0.25) is 4.90 Å². The predicted molar refractivity (Wildman–Crippen MR) is 66.8 cm³/mol. The molecule has 0 aromatic heterocycles. The van der Waals surface area contributed by atoms with Crippen LogP contribution in [0.4, 0.5) is 0 Å². The summed E-state index contributed by atoms with van der Waals surface area (Å²) in [5.74, 6) is 0. The average Bonchev–Trinajstić information content (AvgIpc) is 2.63. The normalized spacial score (nSPS) is 27.9. The van der Waals surface area contributed by atoms with Crippen LogP contribution in [-0.2, 0) is 4.74 Å². The van der Waals surface area contributed by atoms with Gasteiger partial charge in [-0.1, -0.05) is 0 Å². The van der Waals surface area contributed by atoms with E-state index in [-0.39, 0.29) is 0 Å². The van der Waals surface area contributed by atoms with Crippen LogP contribution in [0.2, 0.25) is 0 Å². The minimum Gasteiger partial charge on any atom is -0.382 e. The average molecular weight is 226 g/mol. The molecule has 94 valence electrons. The SMILES string of the molecule is CCOCCCN1CCCN2CCCC2C1. The van der Waals surface area contributed by atoms with Crippen LogP contribution in [0.5, 0.6) is 0 Å². The van der Waals surface area contributed by atoms with Gasteiger partial charge in [-0.15, -0.1) is 0 Å². The molecule has 0 N–H and O–H groups in total. The zero-order chi connectivity index (χ0) is 11.2. The number of rotatable bonds is 5. The van der Waals surface area contributed by atoms with Gasteiger partial charge < -0.3 is 9.64 Å². The minimum absolute atomic E-state index is 0.856. The van der Waals surface area contributed by atoms with Crippen molar-refractivity contribution in [1.29, 1.82) is 0 Å². The van der Waals surface area contributed by atoms with E-state index in [0.717, 1.165) is 19.3 Å². The van der Waals surface area contributed by atoms with Crippen molar-refractivity contribution in [2.45, 2.75) is 38.6 Å². The summed E-state index contributed by atoms with van der Waals surface area (Å²) in [6.45, 7) is 10.3. The molecule has 16 heavy (non-hydrogen) atoms. The Hall–Kier alpha value is -0.120. The van der Waals surface area contributed by atoms with E-state index in [1.54, 1.807) is 0 Å². The second-order valence-corrected chi connectivity index (χ2v) is 5.04. The third kappa shape index (κ3) is 3.44. The van der Waals surface area contributed by atoms with Gasteiger partial charge >= 0.3 is 0 Å². The zero-order valence-corrected chi connectivity index (χ0v) is 10.7. The molecule has 1 unspecified atom stereocenters. The fraction of sp³-hybridized carbons (Fsp3) is 1.00. The van der Waals surface area contributed by atoms with Gasteiger partial charge in [0.2, 0.25) is 0 Å². The van der Waals surface area contributed by atoms with E-state index in [4.69, 9.17) is 4.74 Å². The predicted octanol–water partition coefficient (Wildman–Crippen LogP) is 1.58. The molecule has 0 aliphatic carbocycles. The molecule has 2 aliphatic rings. The summed E-state index contributed by atoms with van der Waals surface area (Å²) < 4.78 is 5.41. The number of fused-ring (bicyclic) bond motifs is 1. The van der Waals surface area contributed by atoms with Crippen LogP contribution in [0.25, 0.3) is 0 Å². The van der Waals surface area contributed by atoms with Gasteiger partial charge in [0, 0.05) is 32.3 Å². The van der Waals surface area contributed by atoms with Gasteiger partial charge in [0.05, 0.1) is 0 Å². The number of nitrogens with zero attached hydrogens (tertiary/aromatic N) is 2. The lowest BCUT2D eigenvalue weighted by Gasteiger charge is -2.25. The van der Waals surface area contributed by atoms with Gasteiger partial charge in [0.25, 0.3) is 0 Å². The Morgan fingerprint density at radius 2 is 2.06 bits per heavy atom. The third-order valence-corrected chi connectivity index (χ3v) is 3.85. The molecule has 3 heteroatoms. The highest BCUT2D eigenvalue weighted by molar-refractivity contribution is 4.84. The Balaban J connectivity index is 1.69. The monoisotopic (exact) mass is 226 g/mol. The van der Waals surface area contributed by atoms with Crippen molar-refractivity contribution < 1.29 is 4.74 Å². The molecule has 0 bridgehead atoms. The number of hydrogen-bond acceptors (Lipinski definition) is 3. The van der Waals surface area contributed by atoms with Crippen molar-refractivity contribution in [3.63, 3.8) is 0 Å². The Kier molecular flexibility index (Phi) is 5.07. The molecule has 0 spiro atoms. The first-order valence-corrected chi connectivity index (χ1v) is 6.94. The van der Waals surface area contributed by atoms with E-state index in [0.29, 0.717) is 0 Å². The second-order valence-electron chi connectivity index (χ2n) is 5.04. The van der Waals surface area contributed by atoms with Crippen LogP contribution in [-0.4, -0.2) is 61.8 Å². The van der Waals surface area contributed by atoms with Crippen molar-refractivity contribution in [3.05, 3.63) is 0 Å². The Labute approximate surface area is 99.7 Å². The highest BCUT2D eigenvalue weighted by Gasteiger charge is 2.28. The molecule has 3 nitrogen and oxygen atoms in total. The topological polar surface area (TPSA) is 15.7 Å². The van der Waals surface area contributed by atoms with Crippen LogP contribution in [0.15, 0.2) is 0 Å². The maximum absolute atomic E-state index is 5.41. The van der Waals surface area contributed by atoms with Crippen LogP contribution in [0.1, 0.15) is 32.6 Å². The molecule has 0 aromatic rings. The smallest absolute Gasteiger partial charge is 0.0478 e. The summed E-state index contributed by atoms with van der Waals surface area (Å²) >= 11 is 0. The van der Waals surface area contributed by atoms with Crippen molar-refractivity contribution in [1.82, 2.24) is 9.80 Å². The van der Waals surface area contributed by atoms with Gasteiger partial charge in [-0.05, 0) is 52.2 Å². The van der Waals surface area contributed by atoms with Crippen LogP contribution in [0, 0.1) is 0 Å². The van der Waals surface area contributed by atoms with E-state index in [1.165, 1.54) is 58.4 Å². The molecule has 0 aromatic carbocycles. The molecule has 0 radical (unpaired) electrons. The van der Waals surface area contributed by atoms with Crippen LogP contribution >= 0.6 is 0 Å². The van der Waals surface area contributed by atoms with E-state index in [1.807, 2.05) is 0 Å². The summed E-state index contributed by atoms with van der Waals surface area (Å²) in [6, 6.07) is 0.856. The first kappa shape index (κ1) is 12.3. The fourth-order valence-corrected chi connectivity index (χ4v) is 3.02. The number of ether oxygens (including phenoxy) is 1. The Morgan fingerprint density at radius 3 is 2.94 bits per heavy atom. The van der Waals surface area contributed by atoms with Gasteiger partial charge in [0.15, 0.2) is 0 Å². The van der Waals surface area contributed by atoms with Crippen molar-refractivity contribution in [3.8, 4) is 0 Å². The van der Waals surface area contributed by atoms with Crippen LogP contribution in [0.3, 0.4) is 0 Å². The zero-order valence-electron chi connectivity index (χ0n) is 10.7. The summed E-state index contributed by atoms with van der Waals surface area (Å²) in [4.78, 5) is 5.34. The van der Waals surface area contributed by atoms with E-state index in [9.17, 15) is 0 Å². The molecule has 2 rings (SSSR count). The first-order chi connectivity index (χ1) is 7.90. The lowest BCUT2D eigenvalue weighted by Crippen LogP contribution is -2.37. The summed E-state index contributed by atoms with van der Waals surface area (Å²) in [7, 11) is 0. The van der Waals surface area contributed by atoms with Gasteiger partial charge in [-0.25, -0.2) is 0 Å². The molecule has 2 fully saturated rings. The number of hydrogen-bond donors (Lipinski definition) is 0. The maximum atomic E-state index is 5.41. The largest absolute Gasteiger partial charge is 0.382 e. The van der Waals surface area contributed by atoms with Gasteiger partial charge in [-0.2, -0.15) is 0 Å². The molecular formula is C13H26N2O. The summed E-state index contributed by atoms with van der Waals surface area (Å²) in [5, 5.41) is 0. The maximum Gasteiger partial charge on any atom is 0.0478 e. The lowest BCUT2D eigenvalue weighted by atomic mass is 10.2. The van der Waals surface area contributed by atoms with E-state index < -0.39 is 0 Å². The van der Waals surface area contributed by atoms with Crippen molar-refractivity contribution in [2.75, 3.05) is 45.9 Å². The first-order valence-electron chi connectivity index (χ1n) is 6.94. The van der Waals surface area contributed by atoms with Crippen molar-refractivity contribution >= 4 is 0 Å². The summed E-state index contributed by atoms with van der Waals surface area (Å²) in [6.07, 6.45) is 5.38. The molecular weight excluding hydrogens is 200 g/mol. The van der Waals surface area contributed by atoms with Gasteiger partial charge in [0.1, 0.15) is 0 Å². The quantitative estimate of drug-likeness (QED) is 0.662. The molecule has 2 aliphatic heterocycles. The molecule has 2 saturated heterocycles. The molecule has 0 saturated carbocycles. The second kappa shape index (κ2) is 6.58. The van der Waals surface area contributed by atoms with E-state index in [2.05, 4.69) is 16.7 Å². The van der Waals surface area contributed by atoms with Crippen LogP contribution < -0.4 is 0 Å². The summed E-state index contributed by atoms with van der Waals surface area (Å²) in [5.41, 5.74) is 0. The molecule has 0 amide bonds. The van der Waals surface area contributed by atoms with Crippen molar-refractivity contribution in [2.24, 2.45) is 0 Å². The fourth-order valence-electron chi connectivity index (χ4n) is 3.02. The van der Waals surface area contributed by atoms with E-state index >= 15 is 0 Å². The Morgan fingerprint density at radius 1 is 1.19 bits per heavy atom. The molecule has 2 heterocycles. The highest BCUT2D eigenvalue weighted by atomic mass is 16.5. The lowest BCUT2D eigenvalue weighted by molar-refractivity contribution is 0.129.